The highest BCUT2D eigenvalue weighted by Crippen LogP contribution is 2.15. The summed E-state index contributed by atoms with van der Waals surface area (Å²) in [6.07, 6.45) is 0.707. The fraction of sp³-hybridized carbons (Fsp3) is 0.231. The fourth-order valence-corrected chi connectivity index (χ4v) is 1.15. The minimum atomic E-state index is -0.385. The highest BCUT2D eigenvalue weighted by molar-refractivity contribution is 5.80. The minimum absolute atomic E-state index is 0.0136. The van der Waals surface area contributed by atoms with Gasteiger partial charge >= 0.3 is 5.97 Å². The average molecular weight is 232 g/mol. The molecule has 88 valence electrons. The van der Waals surface area contributed by atoms with Crippen LogP contribution in [-0.2, 0) is 9.53 Å². The molecule has 0 aliphatic rings. The van der Waals surface area contributed by atoms with Crippen LogP contribution in [0.25, 0.3) is 0 Å². The molecule has 0 fully saturated rings. The van der Waals surface area contributed by atoms with Gasteiger partial charge in [0.15, 0.2) is 12.9 Å². The van der Waals surface area contributed by atoms with Crippen molar-refractivity contribution in [2.75, 3.05) is 13.7 Å². The van der Waals surface area contributed by atoms with E-state index in [0.717, 1.165) is 0 Å². The third-order valence-corrected chi connectivity index (χ3v) is 1.96. The zero-order valence-corrected chi connectivity index (χ0v) is 9.65. The maximum absolute atomic E-state index is 10.8. The first-order valence-corrected chi connectivity index (χ1v) is 4.93. The second-order valence-electron chi connectivity index (χ2n) is 3.15. The van der Waals surface area contributed by atoms with Gasteiger partial charge in [-0.3, -0.25) is 9.59 Å². The number of ether oxygens (including phenoxy) is 2. The van der Waals surface area contributed by atoms with Crippen molar-refractivity contribution in [2.24, 2.45) is 0 Å². The molecular formula is C13H12O4. The van der Waals surface area contributed by atoms with Crippen molar-refractivity contribution in [3.8, 4) is 17.6 Å². The molecule has 0 bridgehead atoms. The molecule has 0 unspecified atom stereocenters. The molecule has 0 atom stereocenters. The zero-order chi connectivity index (χ0) is 12.7. The van der Waals surface area contributed by atoms with Crippen molar-refractivity contribution < 1.29 is 19.1 Å². The maximum atomic E-state index is 10.8. The number of aldehydes is 1. The molecule has 17 heavy (non-hydrogen) atoms. The lowest BCUT2D eigenvalue weighted by Gasteiger charge is -2.01. The molecule has 0 aliphatic carbocycles. The maximum Gasteiger partial charge on any atom is 0.303 e. The van der Waals surface area contributed by atoms with E-state index in [1.807, 2.05) is 0 Å². The molecule has 0 radical (unpaired) electrons. The first kappa shape index (κ1) is 12.8. The third kappa shape index (κ3) is 3.99. The summed E-state index contributed by atoms with van der Waals surface area (Å²) in [7, 11) is 1.52. The number of hydrogen-bond donors (Lipinski definition) is 0. The molecule has 0 aromatic heterocycles. The minimum Gasteiger partial charge on any atom is -0.497 e. The van der Waals surface area contributed by atoms with Crippen LogP contribution in [0.3, 0.4) is 0 Å². The van der Waals surface area contributed by atoms with Crippen molar-refractivity contribution in [3.63, 3.8) is 0 Å². The van der Waals surface area contributed by atoms with Crippen LogP contribution in [0.1, 0.15) is 22.8 Å². The van der Waals surface area contributed by atoms with Crippen LogP contribution in [0.15, 0.2) is 18.2 Å². The van der Waals surface area contributed by atoms with Crippen LogP contribution in [0.4, 0.5) is 0 Å². The SMILES string of the molecule is COc1ccc(C#CCOC(C)=O)c(C=O)c1. The topological polar surface area (TPSA) is 52.6 Å². The lowest BCUT2D eigenvalue weighted by Crippen LogP contribution is -1.98. The number of methoxy groups -OCH3 is 1. The van der Waals surface area contributed by atoms with Gasteiger partial charge < -0.3 is 9.47 Å². The van der Waals surface area contributed by atoms with Crippen LogP contribution in [0.2, 0.25) is 0 Å². The summed E-state index contributed by atoms with van der Waals surface area (Å²) in [4.78, 5) is 21.3. The van der Waals surface area contributed by atoms with E-state index in [0.29, 0.717) is 23.2 Å². The number of carbonyl (C=O) groups is 2. The van der Waals surface area contributed by atoms with Crippen LogP contribution in [-0.4, -0.2) is 26.0 Å². The molecule has 0 saturated carbocycles. The molecule has 4 heteroatoms. The van der Waals surface area contributed by atoms with Crippen molar-refractivity contribution in [3.05, 3.63) is 29.3 Å². The molecule has 1 rings (SSSR count). The second kappa shape index (κ2) is 6.33. The van der Waals surface area contributed by atoms with Crippen molar-refractivity contribution in [1.82, 2.24) is 0 Å². The number of esters is 1. The number of benzene rings is 1. The lowest BCUT2D eigenvalue weighted by atomic mass is 10.1. The molecule has 0 spiro atoms. The Kier molecular flexibility index (Phi) is 4.77. The van der Waals surface area contributed by atoms with Crippen LogP contribution >= 0.6 is 0 Å². The third-order valence-electron chi connectivity index (χ3n) is 1.96. The van der Waals surface area contributed by atoms with E-state index in [4.69, 9.17) is 4.74 Å². The van der Waals surface area contributed by atoms with Gasteiger partial charge in [0.05, 0.1) is 7.11 Å². The Balaban J connectivity index is 2.83. The summed E-state index contributed by atoms with van der Waals surface area (Å²) in [6.45, 7) is 1.32. The quantitative estimate of drug-likeness (QED) is 0.449. The van der Waals surface area contributed by atoms with Gasteiger partial charge in [0.1, 0.15) is 5.75 Å². The van der Waals surface area contributed by atoms with Crippen LogP contribution in [0.5, 0.6) is 5.75 Å². The van der Waals surface area contributed by atoms with Gasteiger partial charge in [-0.2, -0.15) is 0 Å². The Morgan fingerprint density at radius 1 is 1.47 bits per heavy atom. The summed E-state index contributed by atoms with van der Waals surface area (Å²) in [5.41, 5.74) is 1.02. The van der Waals surface area contributed by atoms with Crippen molar-refractivity contribution >= 4 is 12.3 Å². The summed E-state index contributed by atoms with van der Waals surface area (Å²) >= 11 is 0. The van der Waals surface area contributed by atoms with E-state index in [2.05, 4.69) is 16.6 Å². The summed E-state index contributed by atoms with van der Waals surface area (Å²) in [5, 5.41) is 0. The molecule has 1 aromatic carbocycles. The molecular weight excluding hydrogens is 220 g/mol. The average Bonchev–Trinajstić information content (AvgIpc) is 2.34. The lowest BCUT2D eigenvalue weighted by molar-refractivity contribution is -0.139. The fourth-order valence-electron chi connectivity index (χ4n) is 1.15. The first-order chi connectivity index (χ1) is 8.17. The van der Waals surface area contributed by atoms with Gasteiger partial charge in [-0.25, -0.2) is 0 Å². The highest BCUT2D eigenvalue weighted by Gasteiger charge is 2.00. The Bertz CT molecular complexity index is 480. The van der Waals surface area contributed by atoms with Gasteiger partial charge in [0.25, 0.3) is 0 Å². The van der Waals surface area contributed by atoms with Gasteiger partial charge in [-0.1, -0.05) is 11.8 Å². The van der Waals surface area contributed by atoms with Crippen LogP contribution < -0.4 is 4.74 Å². The zero-order valence-electron chi connectivity index (χ0n) is 9.65. The summed E-state index contributed by atoms with van der Waals surface area (Å²) in [5.74, 6) is 5.62. The van der Waals surface area contributed by atoms with Crippen molar-refractivity contribution in [1.29, 1.82) is 0 Å². The van der Waals surface area contributed by atoms with E-state index in [-0.39, 0.29) is 12.6 Å². The largest absolute Gasteiger partial charge is 0.497 e. The van der Waals surface area contributed by atoms with E-state index in [9.17, 15) is 9.59 Å². The normalized spacial score (nSPS) is 8.82. The van der Waals surface area contributed by atoms with Gasteiger partial charge in [0.2, 0.25) is 0 Å². The van der Waals surface area contributed by atoms with E-state index >= 15 is 0 Å². The highest BCUT2D eigenvalue weighted by atomic mass is 16.5. The van der Waals surface area contributed by atoms with Gasteiger partial charge in [0, 0.05) is 18.1 Å². The molecule has 4 nitrogen and oxygen atoms in total. The smallest absolute Gasteiger partial charge is 0.303 e. The van der Waals surface area contributed by atoms with E-state index in [1.165, 1.54) is 14.0 Å². The molecule has 0 aliphatic heterocycles. The Labute approximate surface area is 99.5 Å². The Morgan fingerprint density at radius 2 is 2.24 bits per heavy atom. The first-order valence-electron chi connectivity index (χ1n) is 4.93. The van der Waals surface area contributed by atoms with Gasteiger partial charge in [-0.15, -0.1) is 0 Å². The standard InChI is InChI=1S/C13H12O4/c1-10(15)17-7-3-4-11-5-6-13(16-2)8-12(11)9-14/h5-6,8-9H,7H2,1-2H3. The summed E-state index contributed by atoms with van der Waals surface area (Å²) < 4.78 is 9.65. The molecule has 0 N–H and O–H groups in total. The molecule has 0 saturated heterocycles. The number of carbonyl (C=O) groups excluding carboxylic acids is 2. The number of hydrogen-bond acceptors (Lipinski definition) is 4. The predicted molar refractivity (Wildman–Crippen MR) is 61.9 cm³/mol. The molecule has 0 amide bonds. The van der Waals surface area contributed by atoms with E-state index < -0.39 is 0 Å². The monoisotopic (exact) mass is 232 g/mol. The second-order valence-corrected chi connectivity index (χ2v) is 3.15. The van der Waals surface area contributed by atoms with Gasteiger partial charge in [-0.05, 0) is 18.2 Å². The summed E-state index contributed by atoms with van der Waals surface area (Å²) in [6, 6.07) is 5.00. The predicted octanol–water partition coefficient (Wildman–Crippen LogP) is 1.42. The molecule has 0 heterocycles. The van der Waals surface area contributed by atoms with Crippen LogP contribution in [0, 0.1) is 11.8 Å². The number of rotatable bonds is 3. The Hall–Kier alpha value is -2.28. The molecule has 1 aromatic rings. The Morgan fingerprint density at radius 3 is 2.82 bits per heavy atom. The van der Waals surface area contributed by atoms with E-state index in [1.54, 1.807) is 18.2 Å². The van der Waals surface area contributed by atoms with Crippen molar-refractivity contribution in [2.45, 2.75) is 6.92 Å².